The number of hydrogen-bond acceptors (Lipinski definition) is 3. The van der Waals surface area contributed by atoms with Crippen LogP contribution < -0.4 is 11.1 Å². The summed E-state index contributed by atoms with van der Waals surface area (Å²) in [5.41, 5.74) is 5.70. The molecule has 0 aromatic rings. The van der Waals surface area contributed by atoms with E-state index in [9.17, 15) is 9.90 Å². The van der Waals surface area contributed by atoms with E-state index in [2.05, 4.69) is 5.32 Å². The Bertz CT molecular complexity index is 209. The Kier molecular flexibility index (Phi) is 5.05. The highest BCUT2D eigenvalue weighted by molar-refractivity contribution is 5.81. The molecule has 1 fully saturated rings. The third-order valence-electron chi connectivity index (χ3n) is 2.99. The van der Waals surface area contributed by atoms with Gasteiger partial charge in [0.25, 0.3) is 0 Å². The number of aliphatic hydroxyl groups is 1. The number of rotatable bonds is 4. The van der Waals surface area contributed by atoms with Crippen molar-refractivity contribution in [1.82, 2.24) is 5.32 Å². The molecule has 88 valence electrons. The SMILES string of the molecule is CCC[C@@H](N)C(=O)N[C@@H]1CCCC[C@H]1O. The quantitative estimate of drug-likeness (QED) is 0.639. The second kappa shape index (κ2) is 6.08. The molecule has 0 saturated heterocycles. The van der Waals surface area contributed by atoms with Crippen molar-refractivity contribution in [3.05, 3.63) is 0 Å². The van der Waals surface area contributed by atoms with Gasteiger partial charge in [-0.15, -0.1) is 0 Å². The minimum absolute atomic E-state index is 0.0887. The number of carbonyl (C=O) groups excluding carboxylic acids is 1. The molecule has 1 saturated carbocycles. The summed E-state index contributed by atoms with van der Waals surface area (Å²) in [6.45, 7) is 2.00. The van der Waals surface area contributed by atoms with Crippen LogP contribution in [0.4, 0.5) is 0 Å². The second-order valence-corrected chi connectivity index (χ2v) is 4.36. The first kappa shape index (κ1) is 12.5. The lowest BCUT2D eigenvalue weighted by Gasteiger charge is -2.29. The van der Waals surface area contributed by atoms with E-state index in [4.69, 9.17) is 5.73 Å². The zero-order chi connectivity index (χ0) is 11.3. The van der Waals surface area contributed by atoms with E-state index in [1.807, 2.05) is 6.92 Å². The molecule has 0 aromatic carbocycles. The van der Waals surface area contributed by atoms with Crippen LogP contribution in [0.2, 0.25) is 0 Å². The fraction of sp³-hybridized carbons (Fsp3) is 0.909. The molecule has 3 atom stereocenters. The largest absolute Gasteiger partial charge is 0.391 e. The first-order chi connectivity index (χ1) is 7.15. The number of amides is 1. The highest BCUT2D eigenvalue weighted by Gasteiger charge is 2.25. The molecule has 0 radical (unpaired) electrons. The molecule has 0 heterocycles. The Labute approximate surface area is 91.2 Å². The minimum atomic E-state index is -0.427. The van der Waals surface area contributed by atoms with Gasteiger partial charge in [-0.2, -0.15) is 0 Å². The van der Waals surface area contributed by atoms with Gasteiger partial charge in [0.1, 0.15) is 0 Å². The summed E-state index contributed by atoms with van der Waals surface area (Å²) in [5, 5.41) is 12.5. The Morgan fingerprint density at radius 2 is 2.20 bits per heavy atom. The predicted molar refractivity (Wildman–Crippen MR) is 59.3 cm³/mol. The van der Waals surface area contributed by atoms with Gasteiger partial charge in [0.15, 0.2) is 0 Å². The number of aliphatic hydroxyl groups excluding tert-OH is 1. The summed E-state index contributed by atoms with van der Waals surface area (Å²) in [4.78, 5) is 11.6. The lowest BCUT2D eigenvalue weighted by atomic mass is 9.92. The molecule has 15 heavy (non-hydrogen) atoms. The Balaban J connectivity index is 2.35. The number of carbonyl (C=O) groups is 1. The molecule has 4 N–H and O–H groups in total. The molecule has 1 rings (SSSR count). The predicted octanol–water partition coefficient (Wildman–Crippen LogP) is 0.533. The summed E-state index contributed by atoms with van der Waals surface area (Å²) < 4.78 is 0. The van der Waals surface area contributed by atoms with Crippen LogP contribution in [0.25, 0.3) is 0 Å². The van der Waals surface area contributed by atoms with Crippen molar-refractivity contribution in [2.75, 3.05) is 0 Å². The highest BCUT2D eigenvalue weighted by atomic mass is 16.3. The van der Waals surface area contributed by atoms with Crippen LogP contribution in [-0.2, 0) is 4.79 Å². The second-order valence-electron chi connectivity index (χ2n) is 4.36. The monoisotopic (exact) mass is 214 g/mol. The summed E-state index contributed by atoms with van der Waals surface area (Å²) in [7, 11) is 0. The third kappa shape index (κ3) is 3.80. The van der Waals surface area contributed by atoms with Gasteiger partial charge in [0.05, 0.1) is 18.2 Å². The van der Waals surface area contributed by atoms with Crippen LogP contribution in [0.15, 0.2) is 0 Å². The van der Waals surface area contributed by atoms with Crippen molar-refractivity contribution < 1.29 is 9.90 Å². The molecule has 4 nitrogen and oxygen atoms in total. The molecule has 1 aliphatic carbocycles. The summed E-state index contributed by atoms with van der Waals surface area (Å²) in [6, 6.07) is -0.515. The Morgan fingerprint density at radius 3 is 2.80 bits per heavy atom. The van der Waals surface area contributed by atoms with Crippen molar-refractivity contribution in [2.24, 2.45) is 5.73 Å². The number of hydrogen-bond donors (Lipinski definition) is 3. The zero-order valence-corrected chi connectivity index (χ0v) is 9.41. The van der Waals surface area contributed by atoms with Gasteiger partial charge >= 0.3 is 0 Å². The van der Waals surface area contributed by atoms with Crippen molar-refractivity contribution in [3.63, 3.8) is 0 Å². The van der Waals surface area contributed by atoms with E-state index in [1.165, 1.54) is 0 Å². The van der Waals surface area contributed by atoms with Crippen LogP contribution in [0.5, 0.6) is 0 Å². The van der Waals surface area contributed by atoms with Gasteiger partial charge in [-0.1, -0.05) is 26.2 Å². The third-order valence-corrected chi connectivity index (χ3v) is 2.99. The number of nitrogens with one attached hydrogen (secondary N) is 1. The summed E-state index contributed by atoms with van der Waals surface area (Å²) in [6.07, 6.45) is 4.99. The highest BCUT2D eigenvalue weighted by Crippen LogP contribution is 2.18. The topological polar surface area (TPSA) is 75.4 Å². The van der Waals surface area contributed by atoms with Crippen molar-refractivity contribution in [2.45, 2.75) is 63.6 Å². The molecule has 0 bridgehead atoms. The van der Waals surface area contributed by atoms with Crippen molar-refractivity contribution in [1.29, 1.82) is 0 Å². The van der Waals surface area contributed by atoms with Gasteiger partial charge in [-0.3, -0.25) is 4.79 Å². The van der Waals surface area contributed by atoms with Gasteiger partial charge in [-0.25, -0.2) is 0 Å². The van der Waals surface area contributed by atoms with E-state index in [-0.39, 0.29) is 11.9 Å². The Morgan fingerprint density at radius 1 is 1.53 bits per heavy atom. The normalized spacial score (nSPS) is 28.5. The maximum Gasteiger partial charge on any atom is 0.237 e. The standard InChI is InChI=1S/C11H22N2O2/c1-2-5-8(12)11(15)13-9-6-3-4-7-10(9)14/h8-10,14H,2-7,12H2,1H3,(H,13,15)/t8-,9-,10-/m1/s1. The molecular weight excluding hydrogens is 192 g/mol. The fourth-order valence-electron chi connectivity index (χ4n) is 2.01. The number of nitrogens with two attached hydrogens (primary N) is 1. The average Bonchev–Trinajstić information content (AvgIpc) is 2.21. The molecule has 1 aliphatic rings. The lowest BCUT2D eigenvalue weighted by Crippen LogP contribution is -2.50. The van der Waals surface area contributed by atoms with Gasteiger partial charge in [0, 0.05) is 0 Å². The molecule has 0 aromatic heterocycles. The summed E-state index contributed by atoms with van der Waals surface area (Å²) >= 11 is 0. The molecular formula is C11H22N2O2. The van der Waals surface area contributed by atoms with Crippen molar-refractivity contribution in [3.8, 4) is 0 Å². The van der Waals surface area contributed by atoms with Gasteiger partial charge in [0.2, 0.25) is 5.91 Å². The van der Waals surface area contributed by atoms with Crippen LogP contribution >= 0.6 is 0 Å². The smallest absolute Gasteiger partial charge is 0.237 e. The lowest BCUT2D eigenvalue weighted by molar-refractivity contribution is -0.124. The Hall–Kier alpha value is -0.610. The molecule has 0 aliphatic heterocycles. The summed E-state index contributed by atoms with van der Waals surface area (Å²) in [5.74, 6) is -0.122. The zero-order valence-electron chi connectivity index (χ0n) is 9.41. The maximum atomic E-state index is 11.6. The average molecular weight is 214 g/mol. The fourth-order valence-corrected chi connectivity index (χ4v) is 2.01. The first-order valence-electron chi connectivity index (χ1n) is 5.89. The van der Waals surface area contributed by atoms with E-state index >= 15 is 0 Å². The molecule has 0 spiro atoms. The van der Waals surface area contributed by atoms with Crippen LogP contribution in [0, 0.1) is 0 Å². The molecule has 4 heteroatoms. The van der Waals surface area contributed by atoms with E-state index in [0.29, 0.717) is 6.42 Å². The van der Waals surface area contributed by atoms with Gasteiger partial charge in [-0.05, 0) is 19.3 Å². The molecule has 0 unspecified atom stereocenters. The van der Waals surface area contributed by atoms with Crippen LogP contribution in [0.1, 0.15) is 45.4 Å². The van der Waals surface area contributed by atoms with E-state index < -0.39 is 12.1 Å². The van der Waals surface area contributed by atoms with E-state index in [0.717, 1.165) is 32.1 Å². The van der Waals surface area contributed by atoms with Gasteiger partial charge < -0.3 is 16.2 Å². The molecule has 1 amide bonds. The van der Waals surface area contributed by atoms with Crippen LogP contribution in [0.3, 0.4) is 0 Å². The van der Waals surface area contributed by atoms with E-state index in [1.54, 1.807) is 0 Å². The minimum Gasteiger partial charge on any atom is -0.391 e. The van der Waals surface area contributed by atoms with Crippen molar-refractivity contribution >= 4 is 5.91 Å². The maximum absolute atomic E-state index is 11.6. The first-order valence-corrected chi connectivity index (χ1v) is 5.89. The van der Waals surface area contributed by atoms with Crippen LogP contribution in [-0.4, -0.2) is 29.2 Å².